The molecule has 0 aromatic heterocycles. The molecule has 38 heavy (non-hydrogen) atoms. The minimum atomic E-state index is -2.86. The Labute approximate surface area is 216 Å². The summed E-state index contributed by atoms with van der Waals surface area (Å²) in [5.74, 6) is -10.4. The van der Waals surface area contributed by atoms with Crippen LogP contribution in [0, 0.1) is 17.7 Å². The minimum Gasteiger partial charge on any atom is -0.508 e. The van der Waals surface area contributed by atoms with Gasteiger partial charge in [0.2, 0.25) is 11.7 Å². The number of amides is 2. The summed E-state index contributed by atoms with van der Waals surface area (Å²) in [5, 5.41) is 46.4. The van der Waals surface area contributed by atoms with E-state index in [1.165, 1.54) is 0 Å². The number of nitrogens with one attached hydrogen (secondary N) is 1. The third-order valence-electron chi connectivity index (χ3n) is 7.75. The second-order valence-corrected chi connectivity index (χ2v) is 10.2. The molecule has 4 rings (SSSR count). The molecule has 2 amide bonds. The predicted octanol–water partition coefficient (Wildman–Crippen LogP) is -0.221. The van der Waals surface area contributed by atoms with E-state index in [-0.39, 0.29) is 36.7 Å². The first-order valence-electron chi connectivity index (χ1n) is 11.9. The van der Waals surface area contributed by atoms with Crippen LogP contribution in [0.1, 0.15) is 31.4 Å². The largest absolute Gasteiger partial charge is 0.508 e. The van der Waals surface area contributed by atoms with E-state index in [0.717, 1.165) is 6.07 Å². The highest BCUT2D eigenvalue weighted by atomic mass is 19.1. The number of carbonyl (C=O) groups excluding carboxylic acids is 4. The smallest absolute Gasteiger partial charge is 0.255 e. The van der Waals surface area contributed by atoms with Crippen LogP contribution < -0.4 is 16.8 Å². The molecule has 13 heteroatoms. The van der Waals surface area contributed by atoms with Gasteiger partial charge in [0.15, 0.2) is 17.1 Å². The van der Waals surface area contributed by atoms with Gasteiger partial charge in [-0.25, -0.2) is 4.39 Å². The number of nitrogens with zero attached hydrogens (tertiary/aromatic N) is 1. The fourth-order valence-electron chi connectivity index (χ4n) is 5.43. The van der Waals surface area contributed by atoms with Gasteiger partial charge in [-0.3, -0.25) is 24.1 Å². The fraction of sp³-hybridized carbons (Fsp3) is 0.440. The van der Waals surface area contributed by atoms with Crippen molar-refractivity contribution in [1.82, 2.24) is 4.90 Å². The number of hydrogen-bond donors (Lipinski definition) is 7. The number of rotatable bonds is 5. The summed E-state index contributed by atoms with van der Waals surface area (Å²) in [5.41, 5.74) is 5.80. The molecule has 9 N–H and O–H groups in total. The molecule has 12 nitrogen and oxygen atoms in total. The second-order valence-electron chi connectivity index (χ2n) is 10.2. The molecule has 0 heterocycles. The van der Waals surface area contributed by atoms with Crippen LogP contribution in [0.5, 0.6) is 5.75 Å². The number of nitrogens with two attached hydrogens (primary N) is 2. The Morgan fingerprint density at radius 3 is 2.47 bits per heavy atom. The zero-order valence-corrected chi connectivity index (χ0v) is 20.9. The van der Waals surface area contributed by atoms with Crippen molar-refractivity contribution < 1.29 is 44.0 Å². The van der Waals surface area contributed by atoms with E-state index in [1.54, 1.807) is 11.9 Å². The number of halogens is 1. The molecule has 0 radical (unpaired) electrons. The van der Waals surface area contributed by atoms with Crippen LogP contribution in [-0.2, 0) is 25.6 Å². The summed E-state index contributed by atoms with van der Waals surface area (Å²) in [7, 11) is 1.69. The minimum absolute atomic E-state index is 0.0241. The summed E-state index contributed by atoms with van der Waals surface area (Å²) in [4.78, 5) is 52.1. The number of phenols is 1. The number of aromatic hydroxyl groups is 1. The highest BCUT2D eigenvalue weighted by Crippen LogP contribution is 2.52. The number of likely N-dealkylation sites (N-methyl/N-ethyl adjacent to an activating group) is 1. The topological polar surface area (TPSA) is 217 Å². The van der Waals surface area contributed by atoms with Gasteiger partial charge in [0.05, 0.1) is 23.8 Å². The maximum Gasteiger partial charge on any atom is 0.255 e. The Bertz CT molecular complexity index is 1350. The molecule has 3 aliphatic rings. The summed E-state index contributed by atoms with van der Waals surface area (Å²) in [6, 6.07) is -0.673. The van der Waals surface area contributed by atoms with Crippen LogP contribution in [0.2, 0.25) is 0 Å². The molecule has 1 fully saturated rings. The zero-order valence-electron chi connectivity index (χ0n) is 20.9. The molecule has 1 aromatic carbocycles. The van der Waals surface area contributed by atoms with E-state index in [2.05, 4.69) is 5.32 Å². The lowest BCUT2D eigenvalue weighted by molar-refractivity contribution is -0.149. The molecule has 0 saturated heterocycles. The van der Waals surface area contributed by atoms with Crippen molar-refractivity contribution in [3.05, 3.63) is 39.9 Å². The summed E-state index contributed by atoms with van der Waals surface area (Å²) >= 11 is 0. The van der Waals surface area contributed by atoms with Gasteiger partial charge in [0, 0.05) is 29.2 Å². The van der Waals surface area contributed by atoms with E-state index in [4.69, 9.17) is 11.5 Å². The molecular weight excluding hydrogens is 503 g/mol. The van der Waals surface area contributed by atoms with E-state index >= 15 is 4.39 Å². The first kappa shape index (κ1) is 27.2. The van der Waals surface area contributed by atoms with Crippen molar-refractivity contribution in [3.63, 3.8) is 0 Å². The lowest BCUT2D eigenvalue weighted by atomic mass is 9.58. The van der Waals surface area contributed by atoms with Gasteiger partial charge in [-0.05, 0) is 39.7 Å². The van der Waals surface area contributed by atoms with Gasteiger partial charge in [-0.15, -0.1) is 0 Å². The van der Waals surface area contributed by atoms with Gasteiger partial charge < -0.3 is 37.2 Å². The maximum atomic E-state index is 15.2. The molecule has 0 spiro atoms. The number of carbonyl (C=O) groups is 4. The summed E-state index contributed by atoms with van der Waals surface area (Å²) in [6.07, 6.45) is -0.477. The molecule has 0 unspecified atom stereocenters. The molecule has 4 atom stereocenters. The molecule has 3 aliphatic carbocycles. The third-order valence-corrected chi connectivity index (χ3v) is 7.75. The normalized spacial score (nSPS) is 26.9. The number of fused-ring (bicyclic) bond motifs is 3. The number of ketones is 2. The average Bonchev–Trinajstić information content (AvgIpc) is 2.82. The van der Waals surface area contributed by atoms with Crippen LogP contribution >= 0.6 is 0 Å². The molecule has 0 aliphatic heterocycles. The lowest BCUT2D eigenvalue weighted by Gasteiger charge is -2.48. The predicted molar refractivity (Wildman–Crippen MR) is 131 cm³/mol. The Kier molecular flexibility index (Phi) is 6.58. The van der Waals surface area contributed by atoms with E-state index in [9.17, 15) is 39.6 Å². The number of aliphatic hydroxyl groups excluding tert-OH is 2. The highest BCUT2D eigenvalue weighted by Gasteiger charge is 2.63. The van der Waals surface area contributed by atoms with Crippen LogP contribution in [0.4, 0.5) is 10.1 Å². The number of benzene rings is 1. The first-order chi connectivity index (χ1) is 17.6. The zero-order chi connectivity index (χ0) is 28.4. The fourth-order valence-corrected chi connectivity index (χ4v) is 5.43. The van der Waals surface area contributed by atoms with Crippen molar-refractivity contribution in [2.45, 2.75) is 44.4 Å². The number of hydrogen-bond acceptors (Lipinski definition) is 10. The quantitative estimate of drug-likeness (QED) is 0.195. The van der Waals surface area contributed by atoms with E-state index in [0.29, 0.717) is 0 Å². The van der Waals surface area contributed by atoms with Crippen LogP contribution in [-0.4, -0.2) is 80.0 Å². The van der Waals surface area contributed by atoms with Gasteiger partial charge >= 0.3 is 0 Å². The Balaban J connectivity index is 1.82. The third kappa shape index (κ3) is 3.85. The highest BCUT2D eigenvalue weighted by molar-refractivity contribution is 6.24. The second kappa shape index (κ2) is 9.19. The number of anilines is 1. The maximum absolute atomic E-state index is 15.2. The van der Waals surface area contributed by atoms with E-state index in [1.807, 2.05) is 13.8 Å². The first-order valence-corrected chi connectivity index (χ1v) is 11.9. The number of Topliss-reactive ketones (excluding diaryl/α,β-unsaturated/α-hetero) is 2. The Hall–Kier alpha value is -3.81. The van der Waals surface area contributed by atoms with Crippen molar-refractivity contribution in [2.24, 2.45) is 23.3 Å². The Morgan fingerprint density at radius 2 is 1.89 bits per heavy atom. The molecule has 204 valence electrons. The molecule has 1 saturated carbocycles. The van der Waals surface area contributed by atoms with E-state index < -0.39 is 86.7 Å². The average molecular weight is 533 g/mol. The standard InChI is InChI=1S/C25H29FN4O8/c1-8(2)30(3)7-14(31)29-13-6-12(26)10-4-9-5-11-18(27)21(34)17(24(28)37)23(36)25(11,38)22(35)15(9)20(33)16(10)19(13)32/h6,8-9,11,18,32-33,36,38H,4-5,7,27H2,1-3H3,(H2,28,37)(H,29,31)/t9-,11-,18-,25-/m0/s1. The summed E-state index contributed by atoms with van der Waals surface area (Å²) < 4.78 is 15.2. The van der Waals surface area contributed by atoms with Gasteiger partial charge in [-0.1, -0.05) is 0 Å². The van der Waals surface area contributed by atoms with Gasteiger partial charge in [-0.2, -0.15) is 0 Å². The van der Waals surface area contributed by atoms with Crippen molar-refractivity contribution in [1.29, 1.82) is 0 Å². The van der Waals surface area contributed by atoms with Crippen LogP contribution in [0.3, 0.4) is 0 Å². The summed E-state index contributed by atoms with van der Waals surface area (Å²) in [6.45, 7) is 3.64. The van der Waals surface area contributed by atoms with Crippen LogP contribution in [0.15, 0.2) is 23.0 Å². The number of primary amides is 1. The Morgan fingerprint density at radius 1 is 1.26 bits per heavy atom. The molecule has 0 bridgehead atoms. The number of aliphatic hydroxyl groups is 3. The van der Waals surface area contributed by atoms with Crippen molar-refractivity contribution in [2.75, 3.05) is 18.9 Å². The monoisotopic (exact) mass is 532 g/mol. The molecule has 1 aromatic rings. The number of phenolic OH excluding ortho intramolecular Hbond substituents is 1. The molecular formula is C25H29FN4O8. The van der Waals surface area contributed by atoms with Crippen LogP contribution in [0.25, 0.3) is 5.76 Å². The van der Waals surface area contributed by atoms with Crippen molar-refractivity contribution >= 4 is 34.8 Å². The van der Waals surface area contributed by atoms with Crippen molar-refractivity contribution in [3.8, 4) is 5.75 Å². The lowest BCUT2D eigenvalue weighted by Crippen LogP contribution is -2.65. The SMILES string of the molecule is CC(C)N(C)CC(=O)Nc1cc(F)c2c(c1O)C(O)=C1C(=O)[C@]3(O)C(O)=C(C(N)=O)C(=O)[C@@H](N)[C@@H]3C[C@@H]1C2. The van der Waals surface area contributed by atoms with Gasteiger partial charge in [0.1, 0.15) is 22.9 Å². The van der Waals surface area contributed by atoms with Gasteiger partial charge in [0.25, 0.3) is 5.91 Å².